The van der Waals surface area contributed by atoms with E-state index in [1.807, 2.05) is 6.92 Å². The molecule has 8 atom stereocenters. The van der Waals surface area contributed by atoms with Gasteiger partial charge in [0, 0.05) is 24.4 Å². The molecule has 7 nitrogen and oxygen atoms in total. The van der Waals surface area contributed by atoms with Gasteiger partial charge in [0.25, 0.3) is 0 Å². The number of aliphatic hydroxyl groups is 5. The minimum atomic E-state index is -2.24. The van der Waals surface area contributed by atoms with Gasteiger partial charge in [0.1, 0.15) is 17.3 Å². The van der Waals surface area contributed by atoms with Crippen molar-refractivity contribution in [1.29, 1.82) is 0 Å². The molecule has 0 aromatic rings. The van der Waals surface area contributed by atoms with Gasteiger partial charge in [-0.05, 0) is 31.3 Å². The number of carbonyl (C=O) groups excluding carboxylic acids is 1. The van der Waals surface area contributed by atoms with Gasteiger partial charge in [0.2, 0.25) is 0 Å². The Labute approximate surface area is 158 Å². The number of esters is 1. The Kier molecular flexibility index (Phi) is 3.67. The fourth-order valence-corrected chi connectivity index (χ4v) is 6.86. The molecule has 2 saturated carbocycles. The first kappa shape index (κ1) is 19.3. The molecule has 3 aliphatic carbocycles. The van der Waals surface area contributed by atoms with E-state index in [-0.39, 0.29) is 37.7 Å². The highest BCUT2D eigenvalue weighted by Gasteiger charge is 2.92. The fraction of sp³-hybridized carbons (Fsp3) is 0.850. The smallest absolute Gasteiger partial charge is 0.306 e. The Balaban J connectivity index is 2.07. The van der Waals surface area contributed by atoms with Gasteiger partial charge in [-0.1, -0.05) is 26.3 Å². The second-order valence-corrected chi connectivity index (χ2v) is 9.54. The van der Waals surface area contributed by atoms with Crippen LogP contribution >= 0.6 is 0 Å². The maximum atomic E-state index is 12.5. The van der Waals surface area contributed by atoms with Crippen molar-refractivity contribution in [1.82, 2.24) is 0 Å². The summed E-state index contributed by atoms with van der Waals surface area (Å²) in [5, 5.41) is 57.3. The van der Waals surface area contributed by atoms with E-state index in [1.165, 1.54) is 0 Å². The molecule has 0 radical (unpaired) electrons. The van der Waals surface area contributed by atoms with Crippen molar-refractivity contribution >= 4 is 5.97 Å². The minimum absolute atomic E-state index is 0.0213. The van der Waals surface area contributed by atoms with Crippen LogP contribution in [0.2, 0.25) is 0 Å². The standard InChI is InChI=1S/C20H30O7/c1-10-5-6-17(23)16(4)8-14(22)27-15(10)20(17,26)19(25)12(3)13(11(2)9-21)7-18(16,19)24/h10-11,15,21,23-26H,5-9H2,1-4H3. The third kappa shape index (κ3) is 1.63. The number of carbonyl (C=O) groups is 1. The number of aliphatic hydroxyl groups excluding tert-OH is 1. The summed E-state index contributed by atoms with van der Waals surface area (Å²) < 4.78 is 5.56. The molecule has 5 N–H and O–H groups in total. The van der Waals surface area contributed by atoms with Crippen LogP contribution in [0.3, 0.4) is 0 Å². The molecule has 1 saturated heterocycles. The second-order valence-electron chi connectivity index (χ2n) is 9.54. The number of hydrogen-bond acceptors (Lipinski definition) is 7. The highest BCUT2D eigenvalue weighted by atomic mass is 16.6. The van der Waals surface area contributed by atoms with Crippen molar-refractivity contribution < 1.29 is 35.1 Å². The molecule has 4 aliphatic rings. The molecule has 0 aromatic heterocycles. The highest BCUT2D eigenvalue weighted by molar-refractivity contribution is 5.74. The molecule has 8 unspecified atom stereocenters. The molecular weight excluding hydrogens is 352 g/mol. The number of rotatable bonds is 2. The van der Waals surface area contributed by atoms with E-state index in [4.69, 9.17) is 4.74 Å². The average molecular weight is 382 g/mol. The fourth-order valence-electron chi connectivity index (χ4n) is 6.86. The van der Waals surface area contributed by atoms with Crippen molar-refractivity contribution in [3.63, 3.8) is 0 Å². The van der Waals surface area contributed by atoms with E-state index < -0.39 is 39.9 Å². The van der Waals surface area contributed by atoms with Crippen molar-refractivity contribution in [2.75, 3.05) is 6.61 Å². The normalized spacial score (nSPS) is 55.2. The first-order chi connectivity index (χ1) is 12.4. The van der Waals surface area contributed by atoms with Gasteiger partial charge in [0.15, 0.2) is 11.2 Å². The van der Waals surface area contributed by atoms with Crippen LogP contribution in [0.15, 0.2) is 11.1 Å². The zero-order valence-electron chi connectivity index (χ0n) is 16.3. The van der Waals surface area contributed by atoms with Crippen molar-refractivity contribution in [2.45, 2.75) is 81.9 Å². The van der Waals surface area contributed by atoms with Crippen molar-refractivity contribution in [2.24, 2.45) is 17.3 Å². The SMILES string of the molecule is CC1=C(C(C)CO)CC2(O)C3(C)CC(=O)OC4C(C)CCC3(O)C4(O)C12O. The predicted octanol–water partition coefficient (Wildman–Crippen LogP) is 0.0247. The summed E-state index contributed by atoms with van der Waals surface area (Å²) in [6.07, 6.45) is -0.810. The second kappa shape index (κ2) is 5.13. The summed E-state index contributed by atoms with van der Waals surface area (Å²) in [6.45, 7) is 6.61. The molecule has 1 heterocycles. The largest absolute Gasteiger partial charge is 0.459 e. The van der Waals surface area contributed by atoms with E-state index in [2.05, 4.69) is 0 Å². The van der Waals surface area contributed by atoms with Crippen LogP contribution in [-0.2, 0) is 9.53 Å². The monoisotopic (exact) mass is 382 g/mol. The van der Waals surface area contributed by atoms with E-state index in [9.17, 15) is 30.3 Å². The van der Waals surface area contributed by atoms with Gasteiger partial charge in [-0.2, -0.15) is 0 Å². The lowest BCUT2D eigenvalue weighted by atomic mass is 9.57. The predicted molar refractivity (Wildman–Crippen MR) is 94.4 cm³/mol. The molecular formula is C20H30O7. The van der Waals surface area contributed by atoms with Crippen LogP contribution in [0.4, 0.5) is 0 Å². The average Bonchev–Trinajstić information content (AvgIpc) is 2.85. The Morgan fingerprint density at radius 2 is 1.81 bits per heavy atom. The number of fused-ring (bicyclic) bond motifs is 2. The van der Waals surface area contributed by atoms with Crippen molar-refractivity contribution in [3.05, 3.63) is 11.1 Å². The molecule has 0 aromatic carbocycles. The van der Waals surface area contributed by atoms with Crippen LogP contribution in [-0.4, -0.2) is 66.6 Å². The van der Waals surface area contributed by atoms with Crippen LogP contribution in [0.5, 0.6) is 0 Å². The summed E-state index contributed by atoms with van der Waals surface area (Å²) >= 11 is 0. The maximum absolute atomic E-state index is 12.5. The summed E-state index contributed by atoms with van der Waals surface area (Å²) in [5.41, 5.74) is -8.76. The Bertz CT molecular complexity index is 749. The van der Waals surface area contributed by atoms with E-state index >= 15 is 0 Å². The molecule has 1 aliphatic heterocycles. The highest BCUT2D eigenvalue weighted by Crippen LogP contribution is 2.75. The third-order valence-electron chi connectivity index (χ3n) is 8.59. The Hall–Kier alpha value is -0.990. The van der Waals surface area contributed by atoms with Crippen molar-refractivity contribution in [3.8, 4) is 0 Å². The summed E-state index contributed by atoms with van der Waals surface area (Å²) in [7, 11) is 0. The van der Waals surface area contributed by atoms with Gasteiger partial charge in [0.05, 0.1) is 6.42 Å². The molecule has 4 bridgehead atoms. The topological polar surface area (TPSA) is 127 Å². The van der Waals surface area contributed by atoms with Crippen LogP contribution < -0.4 is 0 Å². The molecule has 152 valence electrons. The Morgan fingerprint density at radius 3 is 2.41 bits per heavy atom. The van der Waals surface area contributed by atoms with Gasteiger partial charge < -0.3 is 30.3 Å². The summed E-state index contributed by atoms with van der Waals surface area (Å²) in [5.74, 6) is -1.22. The molecule has 3 fully saturated rings. The number of ether oxygens (including phenoxy) is 1. The lowest BCUT2D eigenvalue weighted by Gasteiger charge is -2.54. The van der Waals surface area contributed by atoms with E-state index in [1.54, 1.807) is 20.8 Å². The van der Waals surface area contributed by atoms with Crippen LogP contribution in [0, 0.1) is 17.3 Å². The van der Waals surface area contributed by atoms with E-state index in [0.29, 0.717) is 17.6 Å². The molecule has 4 rings (SSSR count). The zero-order valence-corrected chi connectivity index (χ0v) is 16.3. The molecule has 0 amide bonds. The summed E-state index contributed by atoms with van der Waals surface area (Å²) in [6, 6.07) is 0. The summed E-state index contributed by atoms with van der Waals surface area (Å²) in [4.78, 5) is 12.5. The minimum Gasteiger partial charge on any atom is -0.459 e. The van der Waals surface area contributed by atoms with Gasteiger partial charge in [-0.3, -0.25) is 4.79 Å². The first-order valence-corrected chi connectivity index (χ1v) is 9.75. The first-order valence-electron chi connectivity index (χ1n) is 9.75. The molecule has 0 spiro atoms. The number of hydrogen-bond donors (Lipinski definition) is 5. The lowest BCUT2D eigenvalue weighted by molar-refractivity contribution is -0.283. The van der Waals surface area contributed by atoms with Gasteiger partial charge in [-0.15, -0.1) is 0 Å². The quantitative estimate of drug-likeness (QED) is 0.337. The maximum Gasteiger partial charge on any atom is 0.306 e. The molecule has 7 heteroatoms. The van der Waals surface area contributed by atoms with Crippen LogP contribution in [0.1, 0.15) is 53.4 Å². The lowest BCUT2D eigenvalue weighted by Crippen LogP contribution is -2.74. The van der Waals surface area contributed by atoms with Crippen LogP contribution in [0.25, 0.3) is 0 Å². The Morgan fingerprint density at radius 1 is 1.19 bits per heavy atom. The van der Waals surface area contributed by atoms with Gasteiger partial charge in [-0.25, -0.2) is 0 Å². The zero-order chi connectivity index (χ0) is 20.2. The van der Waals surface area contributed by atoms with Gasteiger partial charge >= 0.3 is 5.97 Å². The molecule has 27 heavy (non-hydrogen) atoms. The van der Waals surface area contributed by atoms with E-state index in [0.717, 1.165) is 0 Å². The third-order valence-corrected chi connectivity index (χ3v) is 8.59.